The molecule has 2 nitrogen and oxygen atoms in total. The average molecular weight is 374 g/mol. The lowest BCUT2D eigenvalue weighted by Gasteiger charge is -2.36. The summed E-state index contributed by atoms with van der Waals surface area (Å²) in [4.78, 5) is 6.51. The second-order valence-electron chi connectivity index (χ2n) is 6.74. The van der Waals surface area contributed by atoms with Crippen molar-refractivity contribution in [3.63, 3.8) is 0 Å². The van der Waals surface area contributed by atoms with Crippen molar-refractivity contribution in [1.29, 1.82) is 0 Å². The van der Waals surface area contributed by atoms with Gasteiger partial charge in [0, 0.05) is 5.69 Å². The minimum atomic E-state index is -2.62. The summed E-state index contributed by atoms with van der Waals surface area (Å²) in [5, 5.41) is 0. The van der Waals surface area contributed by atoms with Gasteiger partial charge in [0.05, 0.1) is 11.4 Å². The first-order valence-electron chi connectivity index (χ1n) is 9.17. The Labute approximate surface area is 163 Å². The number of hydrogen-bond acceptors (Lipinski definition) is 2. The van der Waals surface area contributed by atoms with E-state index in [0.717, 1.165) is 16.7 Å². The number of aryl methyl sites for hydroxylation is 1. The van der Waals surface area contributed by atoms with E-state index in [9.17, 15) is 8.78 Å². The number of aliphatic imine (C=N–C) groups is 1. The molecule has 0 spiro atoms. The Morgan fingerprint density at radius 3 is 2.18 bits per heavy atom. The standard InChI is InChI=1S/C24H20F2N2/c1-17-9-8-14-20(15-17)28-22(23(25)26)16-21(18-10-4-2-5-11-18)27-24(28)19-12-6-3-7-13-19/h2-16,23-24H,1H3. The number of allylic oxidation sites excluding steroid dienone is 2. The molecule has 3 aromatic carbocycles. The number of hydrogen-bond donors (Lipinski definition) is 0. The molecule has 4 rings (SSSR count). The Hall–Kier alpha value is -3.27. The van der Waals surface area contributed by atoms with Crippen molar-refractivity contribution in [2.75, 3.05) is 4.90 Å². The molecular weight excluding hydrogens is 354 g/mol. The summed E-state index contributed by atoms with van der Waals surface area (Å²) in [5.41, 5.74) is 3.92. The van der Waals surface area contributed by atoms with Gasteiger partial charge in [-0.1, -0.05) is 72.8 Å². The third-order valence-electron chi connectivity index (χ3n) is 4.74. The molecule has 1 aliphatic rings. The zero-order valence-corrected chi connectivity index (χ0v) is 15.5. The van der Waals surface area contributed by atoms with Gasteiger partial charge in [-0.2, -0.15) is 0 Å². The number of alkyl halides is 2. The van der Waals surface area contributed by atoms with Crippen LogP contribution in [-0.4, -0.2) is 12.1 Å². The van der Waals surface area contributed by atoms with Crippen LogP contribution in [0.2, 0.25) is 0 Å². The predicted molar refractivity (Wildman–Crippen MR) is 110 cm³/mol. The second kappa shape index (κ2) is 7.77. The highest BCUT2D eigenvalue weighted by Gasteiger charge is 2.32. The molecule has 0 radical (unpaired) electrons. The molecule has 1 aliphatic heterocycles. The van der Waals surface area contributed by atoms with Gasteiger partial charge in [0.1, 0.15) is 0 Å². The second-order valence-corrected chi connectivity index (χ2v) is 6.74. The Kier molecular flexibility index (Phi) is 5.02. The van der Waals surface area contributed by atoms with E-state index >= 15 is 0 Å². The largest absolute Gasteiger partial charge is 0.313 e. The van der Waals surface area contributed by atoms with Crippen LogP contribution in [0.1, 0.15) is 22.9 Å². The molecule has 1 unspecified atom stereocenters. The van der Waals surface area contributed by atoms with Crippen molar-refractivity contribution in [2.45, 2.75) is 19.5 Å². The van der Waals surface area contributed by atoms with Crippen LogP contribution in [0.5, 0.6) is 0 Å². The molecule has 0 fully saturated rings. The van der Waals surface area contributed by atoms with E-state index < -0.39 is 12.6 Å². The molecule has 0 aromatic heterocycles. The highest BCUT2D eigenvalue weighted by atomic mass is 19.3. The maximum atomic E-state index is 14.2. The van der Waals surface area contributed by atoms with Gasteiger partial charge in [-0.25, -0.2) is 8.78 Å². The summed E-state index contributed by atoms with van der Waals surface area (Å²) in [6.45, 7) is 1.95. The molecule has 0 aliphatic carbocycles. The summed E-state index contributed by atoms with van der Waals surface area (Å²) in [6.07, 6.45) is -1.69. The van der Waals surface area contributed by atoms with Crippen molar-refractivity contribution in [2.24, 2.45) is 4.99 Å². The van der Waals surface area contributed by atoms with Crippen LogP contribution in [0.3, 0.4) is 0 Å². The van der Waals surface area contributed by atoms with Crippen LogP contribution in [0.25, 0.3) is 0 Å². The molecule has 0 bridgehead atoms. The van der Waals surface area contributed by atoms with E-state index in [4.69, 9.17) is 4.99 Å². The lowest BCUT2D eigenvalue weighted by molar-refractivity contribution is 0.183. The van der Waals surface area contributed by atoms with Gasteiger partial charge in [-0.3, -0.25) is 4.99 Å². The topological polar surface area (TPSA) is 15.6 Å². The smallest absolute Gasteiger partial charge is 0.278 e. The predicted octanol–water partition coefficient (Wildman–Crippen LogP) is 6.15. The summed E-state index contributed by atoms with van der Waals surface area (Å²) in [5.74, 6) is 0. The maximum absolute atomic E-state index is 14.2. The molecule has 0 saturated carbocycles. The normalized spacial score (nSPS) is 16.7. The number of benzene rings is 3. The van der Waals surface area contributed by atoms with E-state index in [0.29, 0.717) is 11.4 Å². The van der Waals surface area contributed by atoms with E-state index in [2.05, 4.69) is 0 Å². The van der Waals surface area contributed by atoms with E-state index in [-0.39, 0.29) is 5.70 Å². The molecule has 1 heterocycles. The minimum Gasteiger partial charge on any atom is -0.313 e. The molecule has 3 aromatic rings. The molecular formula is C24H20F2N2. The highest BCUT2D eigenvalue weighted by molar-refractivity contribution is 6.10. The Bertz CT molecular complexity index is 1010. The molecule has 0 saturated heterocycles. The first kappa shape index (κ1) is 18.1. The lowest BCUT2D eigenvalue weighted by atomic mass is 10.0. The van der Waals surface area contributed by atoms with Crippen LogP contribution < -0.4 is 4.90 Å². The lowest BCUT2D eigenvalue weighted by Crippen LogP contribution is -2.34. The number of anilines is 1. The number of rotatable bonds is 4. The Morgan fingerprint density at radius 1 is 0.857 bits per heavy atom. The average Bonchev–Trinajstić information content (AvgIpc) is 2.74. The van der Waals surface area contributed by atoms with Crippen LogP contribution in [0.4, 0.5) is 14.5 Å². The monoisotopic (exact) mass is 374 g/mol. The first-order chi connectivity index (χ1) is 13.6. The van der Waals surface area contributed by atoms with Crippen LogP contribution in [0.15, 0.2) is 102 Å². The molecule has 28 heavy (non-hydrogen) atoms. The zero-order valence-electron chi connectivity index (χ0n) is 15.5. The maximum Gasteiger partial charge on any atom is 0.278 e. The van der Waals surface area contributed by atoms with Crippen molar-refractivity contribution in [3.05, 3.63) is 113 Å². The fourth-order valence-electron chi connectivity index (χ4n) is 3.43. The SMILES string of the molecule is Cc1cccc(N2C(C(F)F)=CC(c3ccccc3)=NC2c2ccccc2)c1. The van der Waals surface area contributed by atoms with Gasteiger partial charge >= 0.3 is 0 Å². The van der Waals surface area contributed by atoms with Gasteiger partial charge in [0.2, 0.25) is 0 Å². The van der Waals surface area contributed by atoms with E-state index in [1.807, 2.05) is 91.9 Å². The van der Waals surface area contributed by atoms with Gasteiger partial charge in [0.25, 0.3) is 6.43 Å². The molecule has 4 heteroatoms. The number of nitrogens with zero attached hydrogens (tertiary/aromatic N) is 2. The zero-order chi connectivity index (χ0) is 19.5. The van der Waals surface area contributed by atoms with Gasteiger partial charge in [-0.15, -0.1) is 0 Å². The van der Waals surface area contributed by atoms with E-state index in [1.165, 1.54) is 6.08 Å². The van der Waals surface area contributed by atoms with Crippen molar-refractivity contribution < 1.29 is 8.78 Å². The Morgan fingerprint density at radius 2 is 1.54 bits per heavy atom. The third kappa shape index (κ3) is 3.58. The molecule has 1 atom stereocenters. The molecule has 140 valence electrons. The molecule has 0 N–H and O–H groups in total. The van der Waals surface area contributed by atoms with Gasteiger partial charge in [-0.05, 0) is 41.8 Å². The number of halogens is 2. The summed E-state index contributed by atoms with van der Waals surface area (Å²) < 4.78 is 28.3. The van der Waals surface area contributed by atoms with Crippen molar-refractivity contribution in [1.82, 2.24) is 0 Å². The van der Waals surface area contributed by atoms with Crippen LogP contribution >= 0.6 is 0 Å². The Balaban J connectivity index is 1.90. The van der Waals surface area contributed by atoms with Crippen LogP contribution in [0, 0.1) is 6.92 Å². The quantitative estimate of drug-likeness (QED) is 0.535. The van der Waals surface area contributed by atoms with Gasteiger partial charge < -0.3 is 4.90 Å². The van der Waals surface area contributed by atoms with Crippen LogP contribution in [-0.2, 0) is 0 Å². The summed E-state index contributed by atoms with van der Waals surface area (Å²) in [7, 11) is 0. The van der Waals surface area contributed by atoms with Gasteiger partial charge in [0.15, 0.2) is 6.17 Å². The van der Waals surface area contributed by atoms with Crippen molar-refractivity contribution in [3.8, 4) is 0 Å². The fraction of sp³-hybridized carbons (Fsp3) is 0.125. The summed E-state index contributed by atoms with van der Waals surface area (Å²) in [6, 6.07) is 26.6. The third-order valence-corrected chi connectivity index (χ3v) is 4.74. The van der Waals surface area contributed by atoms with Crippen molar-refractivity contribution >= 4 is 11.4 Å². The fourth-order valence-corrected chi connectivity index (χ4v) is 3.43. The molecule has 0 amide bonds. The summed E-state index contributed by atoms with van der Waals surface area (Å²) >= 11 is 0. The highest BCUT2D eigenvalue weighted by Crippen LogP contribution is 2.38. The first-order valence-corrected chi connectivity index (χ1v) is 9.17. The minimum absolute atomic E-state index is 0.0479. The van der Waals surface area contributed by atoms with E-state index in [1.54, 1.807) is 4.90 Å².